The third kappa shape index (κ3) is 7.76. The SMILES string of the molecule is CCS(=O)CC(C)=NC.O=Cc1cc2cc(Oc3nccnc3OCC(F)F)ccn2n1. The van der Waals surface area contributed by atoms with Gasteiger partial charge in [-0.05, 0) is 19.1 Å². The predicted octanol–water partition coefficient (Wildman–Crippen LogP) is 3.22. The van der Waals surface area contributed by atoms with Crippen molar-refractivity contribution in [1.29, 1.82) is 0 Å². The standard InChI is InChI=1S/C14H10F2N4O3.C6H13NOS/c15-12(16)8-22-13-14(18-3-2-17-13)23-11-1-4-20-10(6-11)5-9(7-21)19-20;1-4-9(8)5-6(2)7-3/h1-7,12H,8H2;4-5H2,1-3H3. The molecule has 0 bridgehead atoms. The largest absolute Gasteiger partial charge is 0.468 e. The lowest BCUT2D eigenvalue weighted by molar-refractivity contribution is 0.0779. The van der Waals surface area contributed by atoms with E-state index >= 15 is 0 Å². The molecule has 9 nitrogen and oxygen atoms in total. The van der Waals surface area contributed by atoms with Crippen molar-refractivity contribution in [2.75, 3.05) is 25.2 Å². The molecule has 0 fully saturated rings. The molecule has 0 saturated carbocycles. The summed E-state index contributed by atoms with van der Waals surface area (Å²) in [6.07, 6.45) is 2.26. The molecule has 0 aliphatic rings. The monoisotopic (exact) mass is 467 g/mol. The van der Waals surface area contributed by atoms with Crippen LogP contribution in [0.3, 0.4) is 0 Å². The minimum atomic E-state index is -2.63. The summed E-state index contributed by atoms with van der Waals surface area (Å²) in [4.78, 5) is 22.4. The summed E-state index contributed by atoms with van der Waals surface area (Å²) in [6, 6.07) is 4.77. The van der Waals surface area contributed by atoms with Gasteiger partial charge in [-0.3, -0.25) is 14.0 Å². The fourth-order valence-corrected chi connectivity index (χ4v) is 3.05. The van der Waals surface area contributed by atoms with Gasteiger partial charge in [0.2, 0.25) is 0 Å². The fourth-order valence-electron chi connectivity index (χ4n) is 2.25. The second-order valence-corrected chi connectivity index (χ2v) is 7.97. The highest BCUT2D eigenvalue weighted by atomic mass is 32.2. The summed E-state index contributed by atoms with van der Waals surface area (Å²) in [7, 11) is 1.04. The fraction of sp³-hybridized carbons (Fsp3) is 0.350. The summed E-state index contributed by atoms with van der Waals surface area (Å²) in [6.45, 7) is 3.01. The van der Waals surface area contributed by atoms with E-state index in [2.05, 4.69) is 20.1 Å². The van der Waals surface area contributed by atoms with E-state index in [0.29, 0.717) is 23.3 Å². The van der Waals surface area contributed by atoms with Crippen LogP contribution in [0.5, 0.6) is 17.5 Å². The van der Waals surface area contributed by atoms with Crippen LogP contribution in [0.15, 0.2) is 41.8 Å². The molecule has 3 aromatic heterocycles. The van der Waals surface area contributed by atoms with Gasteiger partial charge in [0, 0.05) is 54.0 Å². The van der Waals surface area contributed by atoms with E-state index in [1.807, 2.05) is 13.8 Å². The Labute approximate surface area is 186 Å². The maximum atomic E-state index is 12.2. The zero-order chi connectivity index (χ0) is 23.5. The number of aliphatic imine (C=N–C) groups is 1. The Morgan fingerprint density at radius 3 is 2.62 bits per heavy atom. The Kier molecular flexibility index (Phi) is 9.79. The average molecular weight is 467 g/mol. The summed E-state index contributed by atoms with van der Waals surface area (Å²) in [5.41, 5.74) is 1.88. The number of ether oxygens (including phenoxy) is 2. The number of fused-ring (bicyclic) bond motifs is 1. The second-order valence-electron chi connectivity index (χ2n) is 6.22. The van der Waals surface area contributed by atoms with Crippen molar-refractivity contribution >= 4 is 28.3 Å². The highest BCUT2D eigenvalue weighted by molar-refractivity contribution is 7.85. The number of alkyl halides is 2. The summed E-state index contributed by atoms with van der Waals surface area (Å²) in [5.74, 6) is 1.57. The number of carbonyl (C=O) groups excluding carboxylic acids is 1. The summed E-state index contributed by atoms with van der Waals surface area (Å²) >= 11 is 0. The van der Waals surface area contributed by atoms with Crippen LogP contribution in [0, 0.1) is 0 Å². The van der Waals surface area contributed by atoms with E-state index in [4.69, 9.17) is 9.47 Å². The highest BCUT2D eigenvalue weighted by Crippen LogP contribution is 2.27. The van der Waals surface area contributed by atoms with Crippen molar-refractivity contribution in [2.24, 2.45) is 4.99 Å². The molecule has 1 unspecified atom stereocenters. The van der Waals surface area contributed by atoms with Crippen LogP contribution in [0.2, 0.25) is 0 Å². The van der Waals surface area contributed by atoms with Crippen molar-refractivity contribution in [3.8, 4) is 17.5 Å². The molecule has 12 heteroatoms. The lowest BCUT2D eigenvalue weighted by Gasteiger charge is -2.09. The minimum Gasteiger partial charge on any atom is -0.468 e. The van der Waals surface area contributed by atoms with Gasteiger partial charge >= 0.3 is 0 Å². The van der Waals surface area contributed by atoms with E-state index in [-0.39, 0.29) is 17.5 Å². The Morgan fingerprint density at radius 1 is 1.28 bits per heavy atom. The van der Waals surface area contributed by atoms with Gasteiger partial charge in [-0.15, -0.1) is 0 Å². The normalized spacial score (nSPS) is 12.2. The van der Waals surface area contributed by atoms with E-state index in [1.165, 1.54) is 16.9 Å². The van der Waals surface area contributed by atoms with Crippen LogP contribution in [0.4, 0.5) is 8.78 Å². The first-order chi connectivity index (χ1) is 15.4. The molecule has 0 aromatic carbocycles. The average Bonchev–Trinajstić information content (AvgIpc) is 3.21. The second kappa shape index (κ2) is 12.5. The molecule has 0 spiro atoms. The molecule has 0 radical (unpaired) electrons. The maximum Gasteiger partial charge on any atom is 0.283 e. The predicted molar refractivity (Wildman–Crippen MR) is 117 cm³/mol. The molecular weight excluding hydrogens is 444 g/mol. The molecule has 0 saturated heterocycles. The van der Waals surface area contributed by atoms with Crippen LogP contribution in [-0.4, -0.2) is 67.4 Å². The Balaban J connectivity index is 0.000000344. The molecule has 32 heavy (non-hydrogen) atoms. The minimum absolute atomic E-state index is 0.0346. The first kappa shape index (κ1) is 25.0. The van der Waals surface area contributed by atoms with Crippen LogP contribution >= 0.6 is 0 Å². The molecule has 0 amide bonds. The van der Waals surface area contributed by atoms with Crippen LogP contribution in [-0.2, 0) is 10.8 Å². The van der Waals surface area contributed by atoms with E-state index in [0.717, 1.165) is 11.5 Å². The Hall–Kier alpha value is -3.28. The number of carbonyl (C=O) groups is 1. The van der Waals surface area contributed by atoms with Gasteiger partial charge in [0.15, 0.2) is 12.9 Å². The number of pyridine rings is 1. The quantitative estimate of drug-likeness (QED) is 0.351. The number of nitrogens with zero attached hydrogens (tertiary/aromatic N) is 5. The summed E-state index contributed by atoms with van der Waals surface area (Å²) in [5, 5.41) is 4.00. The third-order valence-corrected chi connectivity index (χ3v) is 5.23. The number of rotatable bonds is 9. The molecule has 172 valence electrons. The van der Waals surface area contributed by atoms with Gasteiger partial charge in [0.05, 0.1) is 11.3 Å². The van der Waals surface area contributed by atoms with Crippen LogP contribution < -0.4 is 9.47 Å². The van der Waals surface area contributed by atoms with Crippen LogP contribution in [0.1, 0.15) is 24.3 Å². The van der Waals surface area contributed by atoms with Gasteiger partial charge < -0.3 is 9.47 Å². The molecule has 3 aromatic rings. The van der Waals surface area contributed by atoms with Gasteiger partial charge in [0.25, 0.3) is 18.2 Å². The van der Waals surface area contributed by atoms with E-state index in [1.54, 1.807) is 31.4 Å². The third-order valence-electron chi connectivity index (χ3n) is 3.84. The first-order valence-corrected chi connectivity index (χ1v) is 11.0. The molecule has 3 rings (SSSR count). The Morgan fingerprint density at radius 2 is 2.00 bits per heavy atom. The zero-order valence-electron chi connectivity index (χ0n) is 17.8. The summed E-state index contributed by atoms with van der Waals surface area (Å²) < 4.78 is 47.2. The van der Waals surface area contributed by atoms with Gasteiger partial charge in [-0.25, -0.2) is 23.3 Å². The number of hydrogen-bond donors (Lipinski definition) is 0. The number of hydrogen-bond acceptors (Lipinski definition) is 8. The molecule has 0 aliphatic carbocycles. The first-order valence-electron chi connectivity index (χ1n) is 9.47. The van der Waals surface area contributed by atoms with E-state index in [9.17, 15) is 17.8 Å². The van der Waals surface area contributed by atoms with Gasteiger partial charge in [-0.2, -0.15) is 5.10 Å². The van der Waals surface area contributed by atoms with Crippen molar-refractivity contribution in [1.82, 2.24) is 19.6 Å². The van der Waals surface area contributed by atoms with Crippen molar-refractivity contribution < 1.29 is 27.3 Å². The number of aldehydes is 1. The Bertz CT molecular complexity index is 1090. The maximum absolute atomic E-state index is 12.2. The van der Waals surface area contributed by atoms with Crippen LogP contribution in [0.25, 0.3) is 5.52 Å². The van der Waals surface area contributed by atoms with Gasteiger partial charge in [-0.1, -0.05) is 6.92 Å². The number of aromatic nitrogens is 4. The highest BCUT2D eigenvalue weighted by Gasteiger charge is 2.13. The molecule has 3 heterocycles. The van der Waals surface area contributed by atoms with Crippen molar-refractivity contribution in [3.05, 3.63) is 42.5 Å². The topological polar surface area (TPSA) is 108 Å². The zero-order valence-corrected chi connectivity index (χ0v) is 18.6. The molecule has 0 aliphatic heterocycles. The molecule has 0 N–H and O–H groups in total. The lowest BCUT2D eigenvalue weighted by Crippen LogP contribution is -2.09. The van der Waals surface area contributed by atoms with E-state index < -0.39 is 23.8 Å². The van der Waals surface area contributed by atoms with Gasteiger partial charge in [0.1, 0.15) is 11.4 Å². The molecular formula is C20H23F2N5O4S. The lowest BCUT2D eigenvalue weighted by atomic mass is 10.3. The molecule has 1 atom stereocenters. The number of halogens is 2. The smallest absolute Gasteiger partial charge is 0.283 e. The van der Waals surface area contributed by atoms with Crippen molar-refractivity contribution in [2.45, 2.75) is 20.3 Å². The van der Waals surface area contributed by atoms with Crippen molar-refractivity contribution in [3.63, 3.8) is 0 Å².